The fourth-order valence-electron chi connectivity index (χ4n) is 23.3. The molecule has 0 spiro atoms. The summed E-state index contributed by atoms with van der Waals surface area (Å²) >= 11 is 5.31. The van der Waals surface area contributed by atoms with Crippen LogP contribution in [0.3, 0.4) is 0 Å². The molecule has 672 valence electrons. The summed E-state index contributed by atoms with van der Waals surface area (Å²) in [4.78, 5) is 35.0. The number of nitrogens with zero attached hydrogens (tertiary/aromatic N) is 9. The molecule has 0 fully saturated rings. The number of furan rings is 1. The third-order valence-electron chi connectivity index (χ3n) is 29.7. The summed E-state index contributed by atoms with van der Waals surface area (Å²) in [7, 11) is 0. The molecule has 33 rings (SSSR count). The predicted molar refractivity (Wildman–Crippen MR) is 614 cm³/mol. The van der Waals surface area contributed by atoms with Gasteiger partial charge in [0.05, 0.1) is 33.1 Å². The molecule has 0 aliphatic heterocycles. The van der Waals surface area contributed by atoms with E-state index in [0.717, 1.165) is 132 Å². The van der Waals surface area contributed by atoms with Gasteiger partial charge in [0.2, 0.25) is 5.71 Å². The van der Waals surface area contributed by atoms with E-state index in [-0.39, 0.29) is 0 Å². The molecule has 0 saturated heterocycles. The van der Waals surface area contributed by atoms with E-state index in [1.54, 1.807) is 22.7 Å². The van der Waals surface area contributed by atoms with E-state index < -0.39 is 0 Å². The molecule has 33 aromatic rings. The van der Waals surface area contributed by atoms with Gasteiger partial charge in [-0.25, -0.2) is 24.9 Å². The van der Waals surface area contributed by atoms with Crippen molar-refractivity contribution >= 4 is 280 Å². The lowest BCUT2D eigenvalue weighted by Gasteiger charge is -2.17. The molecule has 0 atom stereocenters. The summed E-state index contributed by atoms with van der Waals surface area (Å²) in [5.41, 5.74) is 18.8. The molecule has 10 aromatic heterocycles. The van der Waals surface area contributed by atoms with Crippen molar-refractivity contribution in [2.24, 2.45) is 0 Å². The summed E-state index contributed by atoms with van der Waals surface area (Å²) in [5, 5.41) is 34.9. The molecule has 0 bridgehead atoms. The van der Waals surface area contributed by atoms with E-state index in [0.29, 0.717) is 5.71 Å². The maximum absolute atomic E-state index is 6.40. The van der Waals surface area contributed by atoms with Crippen molar-refractivity contribution in [3.63, 3.8) is 0 Å². The first-order valence-electron chi connectivity index (χ1n) is 48.9. The number of para-hydroxylation sites is 4. The van der Waals surface area contributed by atoms with E-state index in [2.05, 4.69) is 450 Å². The summed E-state index contributed by atoms with van der Waals surface area (Å²) in [6, 6.07) is 163. The summed E-state index contributed by atoms with van der Waals surface area (Å²) in [6.07, 6.45) is 0. The third kappa shape index (κ3) is 12.5. The highest BCUT2D eigenvalue weighted by Gasteiger charge is 2.30. The van der Waals surface area contributed by atoms with Crippen LogP contribution >= 0.6 is 34.0 Å². The Balaban J connectivity index is 0.0000000990. The Morgan fingerprint density at radius 3 is 1.01 bits per heavy atom. The predicted octanol–water partition coefficient (Wildman–Crippen LogP) is 36.8. The Labute approximate surface area is 838 Å². The minimum absolute atomic E-state index is 0.525. The van der Waals surface area contributed by atoms with Gasteiger partial charge in [0.25, 0.3) is 0 Å². The van der Waals surface area contributed by atoms with Crippen molar-refractivity contribution in [3.8, 4) is 62.4 Å². The summed E-state index contributed by atoms with van der Waals surface area (Å²) in [5.74, 6) is 2.44. The van der Waals surface area contributed by atoms with Gasteiger partial charge < -0.3 is 4.42 Å². The van der Waals surface area contributed by atoms with E-state index in [1.807, 2.05) is 29.5 Å². The van der Waals surface area contributed by atoms with Crippen LogP contribution in [-0.2, 0) is 0 Å². The fraction of sp³-hybridized carbons (Fsp3) is 0. The highest BCUT2D eigenvalue weighted by atomic mass is 32.1. The van der Waals surface area contributed by atoms with Crippen LogP contribution in [0.4, 0.5) is 0 Å². The van der Waals surface area contributed by atoms with E-state index in [9.17, 15) is 0 Å². The Hall–Kier alpha value is -18.5. The molecule has 0 aliphatic carbocycles. The Morgan fingerprint density at radius 2 is 0.524 bits per heavy atom. The van der Waals surface area contributed by atoms with Crippen LogP contribution in [0.2, 0.25) is 0 Å². The maximum Gasteiger partial charge on any atom is 0.248 e. The molecule has 0 saturated carbocycles. The molecule has 10 heterocycles. The van der Waals surface area contributed by atoms with Gasteiger partial charge in [-0.15, -0.1) is 34.0 Å². The Kier molecular flexibility index (Phi) is 18.0. The highest BCUT2D eigenvalue weighted by molar-refractivity contribution is 7.26. The number of fused-ring (bicyclic) bond motifs is 36. The maximum atomic E-state index is 6.40. The van der Waals surface area contributed by atoms with E-state index in [4.69, 9.17) is 34.3 Å². The topological polar surface area (TPSA) is 105 Å². The molecule has 13 heteroatoms. The van der Waals surface area contributed by atoms with Gasteiger partial charge in [-0.1, -0.05) is 370 Å². The zero-order valence-electron chi connectivity index (χ0n) is 77.5. The number of hydrogen-bond acceptors (Lipinski definition) is 10. The molecule has 23 aromatic carbocycles. The average molecular weight is 1900 g/mol. The molecule has 10 nitrogen and oxygen atoms in total. The van der Waals surface area contributed by atoms with E-state index in [1.165, 1.54) is 170 Å². The lowest BCUT2D eigenvalue weighted by atomic mass is 9.90. The SMILES string of the molecule is c1ccc(-c2nc3c(nc2-n2c4ccccc4c4cc5ccccc5cc42)sc2cc(-c4cccc5c4sc4ccccc45)ccc23)cc1.c1ccc2cc3c(cc2c1)c1ccccc1n3-c1nc2oc3ccccc3c2nc1-c1cccc2c3ccccc3c3ccccc3c12.c1ccc2cc3c(cc2c1)c1ccccc1n3-c1nc2sc3ccccc3c2nc1-c1cccc2c3ccccc3c3ccccc3c12. The largest absolute Gasteiger partial charge is 0.436 e. The number of aromatic nitrogens is 9. The van der Waals surface area contributed by atoms with Crippen molar-refractivity contribution in [2.75, 3.05) is 0 Å². The first-order chi connectivity index (χ1) is 71.9. The van der Waals surface area contributed by atoms with Crippen LogP contribution in [0.25, 0.3) is 308 Å². The zero-order valence-corrected chi connectivity index (χ0v) is 79.9. The zero-order chi connectivity index (χ0) is 94.7. The van der Waals surface area contributed by atoms with Crippen molar-refractivity contribution in [2.45, 2.75) is 0 Å². The number of hydrogen-bond donors (Lipinski definition) is 0. The second-order valence-corrected chi connectivity index (χ2v) is 40.8. The van der Waals surface area contributed by atoms with Gasteiger partial charge in [0.15, 0.2) is 17.5 Å². The van der Waals surface area contributed by atoms with Crippen molar-refractivity contribution in [1.29, 1.82) is 0 Å². The van der Waals surface area contributed by atoms with Crippen LogP contribution in [0.1, 0.15) is 0 Å². The van der Waals surface area contributed by atoms with Gasteiger partial charge in [-0.05, 0) is 193 Å². The molecule has 0 unspecified atom stereocenters. The van der Waals surface area contributed by atoms with Gasteiger partial charge in [0, 0.05) is 94.7 Å². The third-order valence-corrected chi connectivity index (χ3v) is 33.1. The molecule has 145 heavy (non-hydrogen) atoms. The molecule has 0 amide bonds. The van der Waals surface area contributed by atoms with Gasteiger partial charge >= 0.3 is 0 Å². The van der Waals surface area contributed by atoms with Gasteiger partial charge in [0.1, 0.15) is 48.9 Å². The smallest absolute Gasteiger partial charge is 0.248 e. The van der Waals surface area contributed by atoms with Crippen LogP contribution in [-0.4, -0.2) is 43.6 Å². The van der Waals surface area contributed by atoms with Crippen LogP contribution in [0.5, 0.6) is 0 Å². The van der Waals surface area contributed by atoms with Crippen molar-refractivity contribution in [3.05, 3.63) is 455 Å². The lowest BCUT2D eigenvalue weighted by Crippen LogP contribution is -2.03. The fourth-order valence-corrected chi connectivity index (χ4v) is 26.6. The van der Waals surface area contributed by atoms with E-state index >= 15 is 0 Å². The van der Waals surface area contributed by atoms with Crippen LogP contribution in [0.15, 0.2) is 459 Å². The molecular formula is C132H75N9OS3. The van der Waals surface area contributed by atoms with Gasteiger partial charge in [-0.3, -0.25) is 13.7 Å². The second kappa shape index (κ2) is 32.0. The normalized spacial score (nSPS) is 12.1. The van der Waals surface area contributed by atoms with Crippen LogP contribution < -0.4 is 0 Å². The van der Waals surface area contributed by atoms with Crippen LogP contribution in [0, 0.1) is 0 Å². The number of benzene rings is 23. The Bertz CT molecular complexity index is 10900. The number of thiophene rings is 3. The average Bonchev–Trinajstić information content (AvgIpc) is 1.68. The summed E-state index contributed by atoms with van der Waals surface area (Å²) in [6.45, 7) is 0. The first kappa shape index (κ1) is 81.3. The van der Waals surface area contributed by atoms with Crippen molar-refractivity contribution < 1.29 is 4.42 Å². The van der Waals surface area contributed by atoms with Crippen molar-refractivity contribution in [1.82, 2.24) is 43.6 Å². The summed E-state index contributed by atoms with van der Waals surface area (Å²) < 4.78 is 18.4. The minimum Gasteiger partial charge on any atom is -0.436 e. The Morgan fingerprint density at radius 1 is 0.186 bits per heavy atom. The quantitative estimate of drug-likeness (QED) is 0.146. The van der Waals surface area contributed by atoms with Gasteiger partial charge in [-0.2, -0.15) is 4.98 Å². The molecule has 0 radical (unpaired) electrons. The minimum atomic E-state index is 0.525. The monoisotopic (exact) mass is 1900 g/mol. The second-order valence-electron chi connectivity index (χ2n) is 37.7. The molecule has 0 aliphatic rings. The lowest BCUT2D eigenvalue weighted by molar-refractivity contribution is 0.652. The first-order valence-corrected chi connectivity index (χ1v) is 51.4. The standard InChI is InChI=1S/C44H25N3O.C44H25N3S2.C44H25N3S/c1-2-13-27-25-38-36(24-26(27)12-1)31-17-7-9-22-37(31)47(38)43-41(45-42-34-19-8-10-23-39(34)48-44(42)46-43)35-21-11-20-33-30-15-4-3-14-28(30)29-16-5-6-18-32(29)40(33)35;1-2-11-26(12-3-1)40-43(47-36-19-8-6-15-31(36)35-23-27-13-4-5-14-28(27)24-37(35)47)46-44-41(45-40)34-22-21-29(25-39(34)49-44)30-17-10-18-33-32-16-7-9-20-38(32)48-42(30)33;1-2-13-27-25-38-36(24-26(27)12-1)31-17-7-9-22-37(31)47(38)43-41(45-42-34-19-8-10-23-39(34)48-44(42)46-43)35-21-11-20-33-30-15-4-3-14-28(30)29-16-5-6-18-32(29)40(33)35/h1-25H;1-25H;1-25H. The molecular weight excluding hydrogens is 1820 g/mol. The number of rotatable bonds is 7. The molecule has 0 N–H and O–H groups in total. The highest BCUT2D eigenvalue weighted by Crippen LogP contribution is 2.51.